The second-order valence-electron chi connectivity index (χ2n) is 10.8. The van der Waals surface area contributed by atoms with Crippen LogP contribution >= 0.6 is 11.6 Å². The molecule has 2 amide bonds. The van der Waals surface area contributed by atoms with E-state index >= 15 is 0 Å². The molecule has 8 nitrogen and oxygen atoms in total. The maximum absolute atomic E-state index is 14.5. The molecule has 1 unspecified atom stereocenters. The number of cyclic esters (lactones) is 1. The Kier molecular flexibility index (Phi) is 8.17. The predicted molar refractivity (Wildman–Crippen MR) is 147 cm³/mol. The van der Waals surface area contributed by atoms with E-state index in [0.29, 0.717) is 49.5 Å². The number of carbonyl (C=O) groups is 3. The monoisotopic (exact) mass is 556 g/mol. The van der Waals surface area contributed by atoms with Gasteiger partial charge in [0, 0.05) is 19.7 Å². The first-order valence-corrected chi connectivity index (χ1v) is 14.5. The fraction of sp³-hybridized carbons (Fsp3) is 0.567. The molecule has 1 aromatic rings. The number of halogens is 1. The van der Waals surface area contributed by atoms with Gasteiger partial charge in [-0.05, 0) is 57.1 Å². The summed E-state index contributed by atoms with van der Waals surface area (Å²) in [6.07, 6.45) is 12.5. The number of aliphatic hydroxyl groups excluding tert-OH is 1. The van der Waals surface area contributed by atoms with Gasteiger partial charge in [0.25, 0.3) is 5.91 Å². The Balaban J connectivity index is 1.63. The van der Waals surface area contributed by atoms with Crippen LogP contribution in [0.15, 0.2) is 48.6 Å². The van der Waals surface area contributed by atoms with Crippen molar-refractivity contribution in [3.05, 3.63) is 53.6 Å². The Hall–Kier alpha value is -2.68. The topological polar surface area (TPSA) is 96.4 Å². The number of amides is 2. The largest absolute Gasteiger partial charge is 0.465 e. The Bertz CT molecular complexity index is 1170. The first-order chi connectivity index (χ1) is 18.9. The molecule has 5 rings (SSSR count). The SMILES string of the molecule is CC[C@@]12/C=C\CCCCOC(=O)[C@@H]1[C@H]1C(=O)N(CCCCCO)C3C(=O)N(c4ccccc4Cl)CC=C[C@@]31O2. The third kappa shape index (κ3) is 4.70. The van der Waals surface area contributed by atoms with E-state index in [-0.39, 0.29) is 25.0 Å². The van der Waals surface area contributed by atoms with Gasteiger partial charge in [0.15, 0.2) is 0 Å². The third-order valence-electron chi connectivity index (χ3n) is 8.58. The lowest BCUT2D eigenvalue weighted by Gasteiger charge is -2.38. The maximum Gasteiger partial charge on any atom is 0.313 e. The number of rotatable bonds is 7. The lowest BCUT2D eigenvalue weighted by molar-refractivity contribution is -0.160. The van der Waals surface area contributed by atoms with Crippen molar-refractivity contribution in [2.75, 3.05) is 31.2 Å². The van der Waals surface area contributed by atoms with Gasteiger partial charge >= 0.3 is 5.97 Å². The van der Waals surface area contributed by atoms with Gasteiger partial charge in [0.1, 0.15) is 23.2 Å². The van der Waals surface area contributed by atoms with Gasteiger partial charge in [0.05, 0.1) is 23.2 Å². The molecule has 2 fully saturated rings. The number of allylic oxidation sites excluding steroid dienone is 1. The summed E-state index contributed by atoms with van der Waals surface area (Å²) in [5.74, 6) is -2.79. The molecule has 5 atom stereocenters. The summed E-state index contributed by atoms with van der Waals surface area (Å²) in [6.45, 7) is 2.87. The minimum absolute atomic E-state index is 0.0638. The average molecular weight is 557 g/mol. The molecule has 0 aliphatic carbocycles. The predicted octanol–water partition coefficient (Wildman–Crippen LogP) is 4.05. The van der Waals surface area contributed by atoms with Crippen LogP contribution in [0.2, 0.25) is 5.02 Å². The summed E-state index contributed by atoms with van der Waals surface area (Å²) in [7, 11) is 0. The molecule has 1 spiro atoms. The lowest BCUT2D eigenvalue weighted by Crippen LogP contribution is -2.56. The van der Waals surface area contributed by atoms with E-state index in [9.17, 15) is 19.5 Å². The number of ether oxygens (including phenoxy) is 2. The number of hydrogen-bond acceptors (Lipinski definition) is 6. The average Bonchev–Trinajstić information content (AvgIpc) is 3.28. The Morgan fingerprint density at radius 1 is 1.03 bits per heavy atom. The highest BCUT2D eigenvalue weighted by Crippen LogP contribution is 2.58. The summed E-state index contributed by atoms with van der Waals surface area (Å²) < 4.78 is 12.7. The van der Waals surface area contributed by atoms with Crippen molar-refractivity contribution in [1.29, 1.82) is 0 Å². The molecule has 39 heavy (non-hydrogen) atoms. The van der Waals surface area contributed by atoms with E-state index < -0.39 is 35.0 Å². The van der Waals surface area contributed by atoms with Gasteiger partial charge in [-0.2, -0.15) is 0 Å². The Morgan fingerprint density at radius 2 is 1.85 bits per heavy atom. The second-order valence-corrected chi connectivity index (χ2v) is 11.2. The number of anilines is 1. The Labute approximate surface area is 234 Å². The van der Waals surface area contributed by atoms with Gasteiger partial charge in [-0.15, -0.1) is 0 Å². The summed E-state index contributed by atoms with van der Waals surface area (Å²) in [5.41, 5.74) is -1.84. The van der Waals surface area contributed by atoms with Crippen LogP contribution in [0.1, 0.15) is 51.9 Å². The van der Waals surface area contributed by atoms with Crippen LogP contribution in [0.3, 0.4) is 0 Å². The summed E-state index contributed by atoms with van der Waals surface area (Å²) in [5, 5.41) is 9.69. The molecule has 4 heterocycles. The molecule has 2 saturated heterocycles. The zero-order chi connectivity index (χ0) is 27.6. The van der Waals surface area contributed by atoms with Crippen molar-refractivity contribution in [2.24, 2.45) is 11.8 Å². The number of unbranched alkanes of at least 4 members (excludes halogenated alkanes) is 2. The normalized spacial score (nSPS) is 33.3. The van der Waals surface area contributed by atoms with Gasteiger partial charge in [0.2, 0.25) is 5.91 Å². The van der Waals surface area contributed by atoms with Gasteiger partial charge < -0.3 is 24.4 Å². The summed E-state index contributed by atoms with van der Waals surface area (Å²) in [4.78, 5) is 45.7. The Morgan fingerprint density at radius 3 is 2.62 bits per heavy atom. The number of benzene rings is 1. The summed E-state index contributed by atoms with van der Waals surface area (Å²) >= 11 is 6.52. The van der Waals surface area contributed by atoms with E-state index in [2.05, 4.69) is 0 Å². The van der Waals surface area contributed by atoms with E-state index in [1.54, 1.807) is 28.0 Å². The summed E-state index contributed by atoms with van der Waals surface area (Å²) in [6, 6.07) is 6.17. The molecule has 0 radical (unpaired) electrons. The number of hydrogen-bond donors (Lipinski definition) is 1. The molecule has 0 aromatic heterocycles. The molecule has 4 aliphatic heterocycles. The van der Waals surface area contributed by atoms with Crippen LogP contribution in [-0.4, -0.2) is 71.3 Å². The minimum atomic E-state index is -1.33. The molecule has 1 N–H and O–H groups in total. The van der Waals surface area contributed by atoms with E-state index in [4.69, 9.17) is 21.1 Å². The molecule has 9 heteroatoms. The van der Waals surface area contributed by atoms with Crippen molar-refractivity contribution in [2.45, 2.75) is 69.1 Å². The zero-order valence-electron chi connectivity index (χ0n) is 22.4. The molecule has 0 bridgehead atoms. The molecule has 0 saturated carbocycles. The van der Waals surface area contributed by atoms with Crippen molar-refractivity contribution in [3.8, 4) is 0 Å². The molecule has 4 aliphatic rings. The van der Waals surface area contributed by atoms with Crippen LogP contribution in [0.5, 0.6) is 0 Å². The van der Waals surface area contributed by atoms with Gasteiger partial charge in [-0.25, -0.2) is 0 Å². The quantitative estimate of drug-likeness (QED) is 0.309. The van der Waals surface area contributed by atoms with Crippen molar-refractivity contribution >= 4 is 35.1 Å². The number of carbonyl (C=O) groups excluding carboxylic acids is 3. The van der Waals surface area contributed by atoms with E-state index in [0.717, 1.165) is 19.3 Å². The van der Waals surface area contributed by atoms with Gasteiger partial charge in [-0.3, -0.25) is 14.4 Å². The zero-order valence-corrected chi connectivity index (χ0v) is 23.1. The highest BCUT2D eigenvalue weighted by molar-refractivity contribution is 6.34. The first-order valence-electron chi connectivity index (χ1n) is 14.1. The highest BCUT2D eigenvalue weighted by atomic mass is 35.5. The van der Waals surface area contributed by atoms with Crippen molar-refractivity contribution in [3.63, 3.8) is 0 Å². The van der Waals surface area contributed by atoms with Crippen LogP contribution in [0.25, 0.3) is 0 Å². The number of fused-ring (bicyclic) bond motifs is 2. The minimum Gasteiger partial charge on any atom is -0.465 e. The maximum atomic E-state index is 14.5. The van der Waals surface area contributed by atoms with Crippen LogP contribution in [0, 0.1) is 11.8 Å². The highest BCUT2D eigenvalue weighted by Gasteiger charge is 2.75. The standard InChI is InChI=1S/C30H37ClN2O6/c1-2-29-15-8-3-4-11-20-38-28(37)24(29)23-26(35)33(17-9-5-10-19-34)25-27(36)32(18-12-16-30(23,25)39-29)22-14-7-6-13-21(22)31/h6-8,12-16,23-25,34H,2-5,9-11,17-20H2,1H3/b15-8-/t23-,24-,25?,29+,30-/m0/s1. The smallest absolute Gasteiger partial charge is 0.313 e. The van der Waals surface area contributed by atoms with E-state index in [1.807, 2.05) is 37.3 Å². The van der Waals surface area contributed by atoms with E-state index in [1.165, 1.54) is 0 Å². The fourth-order valence-electron chi connectivity index (χ4n) is 6.74. The molecular formula is C30H37ClN2O6. The molecular weight excluding hydrogens is 520 g/mol. The molecule has 210 valence electrons. The first kappa shape index (κ1) is 27.9. The van der Waals surface area contributed by atoms with Gasteiger partial charge in [-0.1, -0.05) is 55.0 Å². The van der Waals surface area contributed by atoms with Crippen LogP contribution in [0.4, 0.5) is 5.69 Å². The number of aliphatic hydroxyl groups is 1. The second kappa shape index (κ2) is 11.4. The van der Waals surface area contributed by atoms with Crippen LogP contribution in [-0.2, 0) is 23.9 Å². The number of esters is 1. The number of likely N-dealkylation sites (tertiary alicyclic amines) is 1. The van der Waals surface area contributed by atoms with Crippen molar-refractivity contribution in [1.82, 2.24) is 4.90 Å². The number of para-hydroxylation sites is 1. The molecule has 1 aromatic carbocycles. The number of nitrogens with zero attached hydrogens (tertiary/aromatic N) is 2. The third-order valence-corrected chi connectivity index (χ3v) is 8.90. The lowest BCUT2D eigenvalue weighted by atomic mass is 9.73. The van der Waals surface area contributed by atoms with Crippen molar-refractivity contribution < 1.29 is 29.0 Å². The fourth-order valence-corrected chi connectivity index (χ4v) is 6.97. The van der Waals surface area contributed by atoms with Crippen LogP contribution < -0.4 is 4.90 Å².